The van der Waals surface area contributed by atoms with Crippen LogP contribution in [-0.4, -0.2) is 22.3 Å². The number of phenols is 1. The number of urea groups is 1. The third-order valence-corrected chi connectivity index (χ3v) is 2.66. The van der Waals surface area contributed by atoms with E-state index < -0.39 is 6.23 Å². The van der Waals surface area contributed by atoms with Crippen molar-refractivity contribution in [2.24, 2.45) is 0 Å². The van der Waals surface area contributed by atoms with E-state index in [4.69, 9.17) is 4.74 Å². The summed E-state index contributed by atoms with van der Waals surface area (Å²) < 4.78 is 5.50. The van der Waals surface area contributed by atoms with E-state index >= 15 is 0 Å². The molecular formula is C15H17N3O3. The highest BCUT2D eigenvalue weighted by atomic mass is 16.5. The van der Waals surface area contributed by atoms with E-state index in [-0.39, 0.29) is 11.8 Å². The molecule has 0 spiro atoms. The zero-order valence-electron chi connectivity index (χ0n) is 11.6. The van der Waals surface area contributed by atoms with Gasteiger partial charge in [0, 0.05) is 18.9 Å². The van der Waals surface area contributed by atoms with Crippen LogP contribution in [0.2, 0.25) is 0 Å². The van der Waals surface area contributed by atoms with Crippen molar-refractivity contribution in [3.63, 3.8) is 0 Å². The van der Waals surface area contributed by atoms with Gasteiger partial charge in [-0.15, -0.1) is 0 Å². The maximum absolute atomic E-state index is 11.7. The van der Waals surface area contributed by atoms with Crippen LogP contribution in [-0.2, 0) is 6.54 Å². The Bertz CT molecular complexity index is 572. The SMILES string of the molecule is CC(NC(=O)NCc1cccnc1)Oc1ccc(O)cc1. The first-order chi connectivity index (χ1) is 10.1. The fourth-order valence-electron chi connectivity index (χ4n) is 1.68. The molecule has 2 rings (SSSR count). The van der Waals surface area contributed by atoms with Crippen LogP contribution in [0.15, 0.2) is 48.8 Å². The van der Waals surface area contributed by atoms with E-state index in [1.54, 1.807) is 31.5 Å². The van der Waals surface area contributed by atoms with Gasteiger partial charge in [-0.25, -0.2) is 4.79 Å². The van der Waals surface area contributed by atoms with Crippen LogP contribution in [0.25, 0.3) is 0 Å². The molecule has 1 aromatic carbocycles. The number of nitrogens with one attached hydrogen (secondary N) is 2. The Hall–Kier alpha value is -2.76. The number of rotatable bonds is 5. The lowest BCUT2D eigenvalue weighted by atomic mass is 10.3. The van der Waals surface area contributed by atoms with Crippen LogP contribution in [0.1, 0.15) is 12.5 Å². The Morgan fingerprint density at radius 1 is 1.33 bits per heavy atom. The van der Waals surface area contributed by atoms with Crippen molar-refractivity contribution in [2.75, 3.05) is 0 Å². The van der Waals surface area contributed by atoms with Gasteiger partial charge < -0.3 is 20.5 Å². The third kappa shape index (κ3) is 5.02. The average molecular weight is 287 g/mol. The molecule has 2 amide bonds. The van der Waals surface area contributed by atoms with Crippen molar-refractivity contribution in [1.29, 1.82) is 0 Å². The normalized spacial score (nSPS) is 11.5. The summed E-state index contributed by atoms with van der Waals surface area (Å²) in [5.74, 6) is 0.727. The number of hydrogen-bond donors (Lipinski definition) is 3. The molecule has 0 saturated carbocycles. The topological polar surface area (TPSA) is 83.5 Å². The summed E-state index contributed by atoms with van der Waals surface area (Å²) in [5, 5.41) is 14.5. The molecule has 0 aliphatic heterocycles. The summed E-state index contributed by atoms with van der Waals surface area (Å²) in [6, 6.07) is 9.65. The quantitative estimate of drug-likeness (QED) is 0.735. The molecule has 0 fully saturated rings. The molecule has 1 heterocycles. The Balaban J connectivity index is 1.75. The van der Waals surface area contributed by atoms with E-state index in [1.807, 2.05) is 12.1 Å². The minimum absolute atomic E-state index is 0.164. The van der Waals surface area contributed by atoms with Gasteiger partial charge in [-0.05, 0) is 42.8 Å². The fourth-order valence-corrected chi connectivity index (χ4v) is 1.68. The van der Waals surface area contributed by atoms with Gasteiger partial charge in [-0.3, -0.25) is 4.98 Å². The second-order valence-corrected chi connectivity index (χ2v) is 4.44. The predicted molar refractivity (Wildman–Crippen MR) is 77.8 cm³/mol. The van der Waals surface area contributed by atoms with Crippen molar-refractivity contribution in [3.05, 3.63) is 54.4 Å². The molecule has 6 nitrogen and oxygen atoms in total. The van der Waals surface area contributed by atoms with Crippen LogP contribution >= 0.6 is 0 Å². The molecule has 0 aliphatic carbocycles. The van der Waals surface area contributed by atoms with Crippen LogP contribution in [0, 0.1) is 0 Å². The molecule has 0 radical (unpaired) electrons. The number of benzene rings is 1. The molecule has 110 valence electrons. The number of hydrogen-bond acceptors (Lipinski definition) is 4. The highest BCUT2D eigenvalue weighted by Gasteiger charge is 2.08. The zero-order valence-corrected chi connectivity index (χ0v) is 11.6. The Labute approximate surface area is 122 Å². The number of ether oxygens (including phenoxy) is 1. The molecule has 21 heavy (non-hydrogen) atoms. The number of phenolic OH excluding ortho intramolecular Hbond substituents is 1. The largest absolute Gasteiger partial charge is 0.508 e. The Morgan fingerprint density at radius 3 is 2.76 bits per heavy atom. The van der Waals surface area contributed by atoms with Gasteiger partial charge in [0.1, 0.15) is 11.5 Å². The summed E-state index contributed by atoms with van der Waals surface area (Å²) in [7, 11) is 0. The van der Waals surface area contributed by atoms with Gasteiger partial charge in [0.05, 0.1) is 0 Å². The third-order valence-electron chi connectivity index (χ3n) is 2.66. The number of carbonyl (C=O) groups is 1. The molecule has 0 aliphatic rings. The summed E-state index contributed by atoms with van der Waals surface area (Å²) in [4.78, 5) is 15.7. The second kappa shape index (κ2) is 7.14. The van der Waals surface area contributed by atoms with E-state index in [0.717, 1.165) is 5.56 Å². The predicted octanol–water partition coefficient (Wildman–Crippen LogP) is 2.01. The molecule has 6 heteroatoms. The molecule has 0 saturated heterocycles. The van der Waals surface area contributed by atoms with E-state index in [0.29, 0.717) is 12.3 Å². The first-order valence-corrected chi connectivity index (χ1v) is 6.52. The maximum Gasteiger partial charge on any atom is 0.317 e. The van der Waals surface area contributed by atoms with Crippen LogP contribution < -0.4 is 15.4 Å². The standard InChI is InChI=1S/C15H17N3O3/c1-11(21-14-6-4-13(19)5-7-14)18-15(20)17-10-12-3-2-8-16-9-12/h2-9,11,19H,10H2,1H3,(H2,17,18,20). The van der Waals surface area contributed by atoms with Crippen molar-refractivity contribution >= 4 is 6.03 Å². The summed E-state index contributed by atoms with van der Waals surface area (Å²) in [6.45, 7) is 2.11. The van der Waals surface area contributed by atoms with Crippen LogP contribution in [0.3, 0.4) is 0 Å². The summed E-state index contributed by atoms with van der Waals surface area (Å²) in [6.07, 6.45) is 2.87. The fraction of sp³-hybridized carbons (Fsp3) is 0.200. The average Bonchev–Trinajstić information content (AvgIpc) is 2.48. The highest BCUT2D eigenvalue weighted by Crippen LogP contribution is 2.16. The van der Waals surface area contributed by atoms with Gasteiger partial charge in [-0.2, -0.15) is 0 Å². The van der Waals surface area contributed by atoms with E-state index in [1.165, 1.54) is 12.1 Å². The minimum atomic E-state index is -0.497. The lowest BCUT2D eigenvalue weighted by Gasteiger charge is -2.16. The number of aromatic hydroxyl groups is 1. The maximum atomic E-state index is 11.7. The van der Waals surface area contributed by atoms with Gasteiger partial charge in [0.25, 0.3) is 0 Å². The molecule has 3 N–H and O–H groups in total. The lowest BCUT2D eigenvalue weighted by molar-refractivity contribution is 0.177. The van der Waals surface area contributed by atoms with Crippen LogP contribution in [0.5, 0.6) is 11.5 Å². The van der Waals surface area contributed by atoms with Gasteiger partial charge in [0.15, 0.2) is 6.23 Å². The lowest BCUT2D eigenvalue weighted by Crippen LogP contribution is -2.43. The van der Waals surface area contributed by atoms with Crippen molar-refractivity contribution < 1.29 is 14.6 Å². The molecule has 0 bridgehead atoms. The molecule has 1 unspecified atom stereocenters. The number of aromatic nitrogens is 1. The highest BCUT2D eigenvalue weighted by molar-refractivity contribution is 5.74. The summed E-state index contributed by atoms with van der Waals surface area (Å²) in [5.41, 5.74) is 0.916. The minimum Gasteiger partial charge on any atom is -0.508 e. The zero-order chi connectivity index (χ0) is 15.1. The number of pyridine rings is 1. The summed E-state index contributed by atoms with van der Waals surface area (Å²) >= 11 is 0. The van der Waals surface area contributed by atoms with Crippen LogP contribution in [0.4, 0.5) is 4.79 Å². The monoisotopic (exact) mass is 287 g/mol. The number of carbonyl (C=O) groups excluding carboxylic acids is 1. The van der Waals surface area contributed by atoms with Crippen molar-refractivity contribution in [3.8, 4) is 11.5 Å². The smallest absolute Gasteiger partial charge is 0.317 e. The first-order valence-electron chi connectivity index (χ1n) is 6.52. The van der Waals surface area contributed by atoms with E-state index in [2.05, 4.69) is 15.6 Å². The van der Waals surface area contributed by atoms with Crippen molar-refractivity contribution in [1.82, 2.24) is 15.6 Å². The number of amides is 2. The number of nitrogens with zero attached hydrogens (tertiary/aromatic N) is 1. The molecule has 1 aromatic heterocycles. The van der Waals surface area contributed by atoms with Crippen molar-refractivity contribution in [2.45, 2.75) is 19.7 Å². The Kier molecular flexibility index (Phi) is 4.98. The first kappa shape index (κ1) is 14.6. The van der Waals surface area contributed by atoms with Gasteiger partial charge >= 0.3 is 6.03 Å². The molecule has 1 atom stereocenters. The Morgan fingerprint density at radius 2 is 2.10 bits per heavy atom. The molecular weight excluding hydrogens is 270 g/mol. The molecule has 2 aromatic rings. The second-order valence-electron chi connectivity index (χ2n) is 4.44. The van der Waals surface area contributed by atoms with E-state index in [9.17, 15) is 9.90 Å². The van der Waals surface area contributed by atoms with Gasteiger partial charge in [-0.1, -0.05) is 6.07 Å². The van der Waals surface area contributed by atoms with Gasteiger partial charge in [0.2, 0.25) is 0 Å².